The van der Waals surface area contributed by atoms with Crippen LogP contribution in [0.1, 0.15) is 17.7 Å². The van der Waals surface area contributed by atoms with Crippen molar-refractivity contribution in [2.45, 2.75) is 19.8 Å². The van der Waals surface area contributed by atoms with E-state index in [2.05, 4.69) is 28.9 Å². The molecule has 1 aromatic carbocycles. The highest BCUT2D eigenvalue weighted by Crippen LogP contribution is 2.31. The van der Waals surface area contributed by atoms with E-state index in [-0.39, 0.29) is 0 Å². The summed E-state index contributed by atoms with van der Waals surface area (Å²) in [6.07, 6.45) is 2.65. The maximum absolute atomic E-state index is 5.86. The summed E-state index contributed by atoms with van der Waals surface area (Å²) in [5.74, 6) is 0.799. The molecule has 0 radical (unpaired) electrons. The minimum atomic E-state index is 0.735. The third-order valence-electron chi connectivity index (χ3n) is 3.62. The van der Waals surface area contributed by atoms with Gasteiger partial charge in [0.05, 0.1) is 4.88 Å². The van der Waals surface area contributed by atoms with Gasteiger partial charge in [0.15, 0.2) is 0 Å². The quantitative estimate of drug-likeness (QED) is 0.840. The van der Waals surface area contributed by atoms with Crippen LogP contribution in [0.5, 0.6) is 5.88 Å². The molecule has 1 fully saturated rings. The Morgan fingerprint density at radius 1 is 1.20 bits per heavy atom. The molecule has 2 heterocycles. The molecule has 0 N–H and O–H groups in total. The molecule has 0 atom stereocenters. The number of rotatable bonds is 5. The normalized spacial score (nSPS) is 15.7. The van der Waals surface area contributed by atoms with E-state index in [1.807, 2.05) is 18.2 Å². The highest BCUT2D eigenvalue weighted by atomic mass is 32.1. The number of aryl methyl sites for hydroxylation is 1. The van der Waals surface area contributed by atoms with E-state index in [9.17, 15) is 0 Å². The Balaban J connectivity index is 1.61. The molecule has 1 aliphatic rings. The number of ether oxygens (including phenoxy) is 1. The third kappa shape index (κ3) is 3.19. The summed E-state index contributed by atoms with van der Waals surface area (Å²) in [5.41, 5.74) is 1.16. The van der Waals surface area contributed by atoms with Crippen molar-refractivity contribution in [2.24, 2.45) is 0 Å². The summed E-state index contributed by atoms with van der Waals surface area (Å²) in [5, 5.41) is 1.04. The van der Waals surface area contributed by atoms with E-state index >= 15 is 0 Å². The third-order valence-corrected chi connectivity index (χ3v) is 4.62. The van der Waals surface area contributed by atoms with Gasteiger partial charge in [-0.2, -0.15) is 0 Å². The highest BCUT2D eigenvalue weighted by Gasteiger charge is 2.13. The minimum Gasteiger partial charge on any atom is -0.476 e. The van der Waals surface area contributed by atoms with Gasteiger partial charge in [-0.3, -0.25) is 4.90 Å². The second kappa shape index (κ2) is 6.37. The van der Waals surface area contributed by atoms with Crippen molar-refractivity contribution in [3.63, 3.8) is 0 Å². The fourth-order valence-electron chi connectivity index (χ4n) is 2.50. The molecule has 1 aromatic heterocycles. The van der Waals surface area contributed by atoms with Crippen molar-refractivity contribution >= 4 is 11.3 Å². The average molecular weight is 288 g/mol. The SMILES string of the molecule is Cc1sc(-c2ccccc2)nc1OCCN1CCCC1. The first-order valence-corrected chi connectivity index (χ1v) is 8.02. The maximum Gasteiger partial charge on any atom is 0.228 e. The van der Waals surface area contributed by atoms with Gasteiger partial charge >= 0.3 is 0 Å². The zero-order chi connectivity index (χ0) is 13.8. The van der Waals surface area contributed by atoms with Gasteiger partial charge in [0.25, 0.3) is 0 Å². The fourth-order valence-corrected chi connectivity index (χ4v) is 3.36. The van der Waals surface area contributed by atoms with E-state index in [0.29, 0.717) is 0 Å². The fraction of sp³-hybridized carbons (Fsp3) is 0.438. The summed E-state index contributed by atoms with van der Waals surface area (Å²) >= 11 is 1.70. The van der Waals surface area contributed by atoms with E-state index < -0.39 is 0 Å². The first-order valence-electron chi connectivity index (χ1n) is 7.21. The lowest BCUT2D eigenvalue weighted by molar-refractivity contribution is 0.232. The average Bonchev–Trinajstić information content (AvgIpc) is 3.11. The number of likely N-dealkylation sites (tertiary alicyclic amines) is 1. The number of thiazole rings is 1. The number of hydrogen-bond acceptors (Lipinski definition) is 4. The van der Waals surface area contributed by atoms with Gasteiger partial charge < -0.3 is 4.74 Å². The molecule has 4 heteroatoms. The second-order valence-corrected chi connectivity index (χ2v) is 6.35. The van der Waals surface area contributed by atoms with Crippen LogP contribution >= 0.6 is 11.3 Å². The summed E-state index contributed by atoms with van der Waals surface area (Å²) in [7, 11) is 0. The molecule has 0 amide bonds. The molecule has 0 unspecified atom stereocenters. The first kappa shape index (κ1) is 13.6. The van der Waals surface area contributed by atoms with Crippen LogP contribution in [0.15, 0.2) is 30.3 Å². The second-order valence-electron chi connectivity index (χ2n) is 5.14. The van der Waals surface area contributed by atoms with Crippen LogP contribution < -0.4 is 4.74 Å². The van der Waals surface area contributed by atoms with Crippen LogP contribution in [0.4, 0.5) is 0 Å². The summed E-state index contributed by atoms with van der Waals surface area (Å²) in [6.45, 7) is 6.26. The van der Waals surface area contributed by atoms with Gasteiger partial charge in [0.2, 0.25) is 5.88 Å². The Labute approximate surface area is 124 Å². The van der Waals surface area contributed by atoms with E-state index in [1.54, 1.807) is 11.3 Å². The number of hydrogen-bond donors (Lipinski definition) is 0. The number of aromatic nitrogens is 1. The van der Waals surface area contributed by atoms with Crippen molar-refractivity contribution in [3.05, 3.63) is 35.2 Å². The molecular formula is C16H20N2OS. The van der Waals surface area contributed by atoms with Gasteiger partial charge in [0, 0.05) is 12.1 Å². The summed E-state index contributed by atoms with van der Waals surface area (Å²) in [4.78, 5) is 8.24. The summed E-state index contributed by atoms with van der Waals surface area (Å²) < 4.78 is 5.86. The molecular weight excluding hydrogens is 268 g/mol. The molecule has 2 aromatic rings. The van der Waals surface area contributed by atoms with Crippen LogP contribution in [0.3, 0.4) is 0 Å². The predicted octanol–water partition coefficient (Wildman–Crippen LogP) is 3.59. The Kier molecular flexibility index (Phi) is 4.33. The number of benzene rings is 1. The lowest BCUT2D eigenvalue weighted by Crippen LogP contribution is -2.25. The Morgan fingerprint density at radius 3 is 2.70 bits per heavy atom. The van der Waals surface area contributed by atoms with Crippen LogP contribution in [-0.2, 0) is 0 Å². The molecule has 1 saturated heterocycles. The van der Waals surface area contributed by atoms with Crippen molar-refractivity contribution in [1.29, 1.82) is 0 Å². The molecule has 0 bridgehead atoms. The summed E-state index contributed by atoms with van der Waals surface area (Å²) in [6, 6.07) is 10.3. The topological polar surface area (TPSA) is 25.4 Å². The number of nitrogens with zero attached hydrogens (tertiary/aromatic N) is 2. The smallest absolute Gasteiger partial charge is 0.228 e. The zero-order valence-electron chi connectivity index (χ0n) is 11.8. The highest BCUT2D eigenvalue weighted by molar-refractivity contribution is 7.15. The van der Waals surface area contributed by atoms with E-state index in [1.165, 1.54) is 25.9 Å². The minimum absolute atomic E-state index is 0.735. The van der Waals surface area contributed by atoms with Crippen LogP contribution in [0, 0.1) is 6.92 Å². The molecule has 3 nitrogen and oxygen atoms in total. The Morgan fingerprint density at radius 2 is 1.95 bits per heavy atom. The van der Waals surface area contributed by atoms with Gasteiger partial charge in [-0.25, -0.2) is 4.98 Å². The van der Waals surface area contributed by atoms with E-state index in [4.69, 9.17) is 4.74 Å². The molecule has 0 aliphatic carbocycles. The van der Waals surface area contributed by atoms with Crippen LogP contribution in [-0.4, -0.2) is 36.1 Å². The molecule has 3 rings (SSSR count). The van der Waals surface area contributed by atoms with Gasteiger partial charge in [-0.05, 0) is 32.9 Å². The lowest BCUT2D eigenvalue weighted by atomic mass is 10.2. The Bertz CT molecular complexity index is 547. The standard InChI is InChI=1S/C16H20N2OS/c1-13-15(19-12-11-18-9-5-6-10-18)17-16(20-13)14-7-3-2-4-8-14/h2-4,7-8H,5-6,9-12H2,1H3. The van der Waals surface area contributed by atoms with Crippen molar-refractivity contribution < 1.29 is 4.74 Å². The van der Waals surface area contributed by atoms with E-state index in [0.717, 1.165) is 34.5 Å². The molecule has 20 heavy (non-hydrogen) atoms. The van der Waals surface area contributed by atoms with Gasteiger partial charge in [-0.15, -0.1) is 11.3 Å². The molecule has 0 spiro atoms. The van der Waals surface area contributed by atoms with Gasteiger partial charge in [-0.1, -0.05) is 30.3 Å². The van der Waals surface area contributed by atoms with Gasteiger partial charge in [0.1, 0.15) is 11.6 Å². The predicted molar refractivity (Wildman–Crippen MR) is 83.5 cm³/mol. The van der Waals surface area contributed by atoms with Crippen LogP contribution in [0.2, 0.25) is 0 Å². The van der Waals surface area contributed by atoms with Crippen molar-refractivity contribution in [3.8, 4) is 16.5 Å². The van der Waals surface area contributed by atoms with Crippen molar-refractivity contribution in [2.75, 3.05) is 26.2 Å². The first-order chi connectivity index (χ1) is 9.83. The molecule has 106 valence electrons. The van der Waals surface area contributed by atoms with Crippen molar-refractivity contribution in [1.82, 2.24) is 9.88 Å². The Hall–Kier alpha value is -1.39. The molecule has 1 aliphatic heterocycles. The lowest BCUT2D eigenvalue weighted by Gasteiger charge is -2.14. The zero-order valence-corrected chi connectivity index (χ0v) is 12.7. The largest absolute Gasteiger partial charge is 0.476 e. The van der Waals surface area contributed by atoms with Crippen LogP contribution in [0.25, 0.3) is 10.6 Å². The maximum atomic E-state index is 5.86. The monoisotopic (exact) mass is 288 g/mol. The molecule has 0 saturated carbocycles.